The quantitative estimate of drug-likeness (QED) is 0.633. The van der Waals surface area contributed by atoms with Crippen molar-refractivity contribution < 1.29 is 14.3 Å². The van der Waals surface area contributed by atoms with Crippen molar-refractivity contribution >= 4 is 12.1 Å². The van der Waals surface area contributed by atoms with Crippen LogP contribution in [0.1, 0.15) is 25.8 Å². The third-order valence-corrected chi connectivity index (χ3v) is 2.43. The molecule has 0 saturated heterocycles. The lowest BCUT2D eigenvalue weighted by molar-refractivity contribution is -0.121. The average Bonchev–Trinajstić information content (AvgIpc) is 2.38. The van der Waals surface area contributed by atoms with E-state index in [4.69, 9.17) is 9.47 Å². The summed E-state index contributed by atoms with van der Waals surface area (Å²) in [5, 5.41) is 3.91. The standard InChI is InChI=1S/C14H20N2O3/c1-10(2)7-14(17)16-15-9-11-5-6-12(18-3)8-13(11)19-4/h5-6,8-10H,7H2,1-4H3,(H,16,17)/b15-9-. The molecule has 0 aliphatic rings. The first kappa shape index (κ1) is 15.0. The maximum absolute atomic E-state index is 11.4. The van der Waals surface area contributed by atoms with E-state index in [2.05, 4.69) is 10.5 Å². The highest BCUT2D eigenvalue weighted by Crippen LogP contribution is 2.22. The van der Waals surface area contributed by atoms with Crippen LogP contribution < -0.4 is 14.9 Å². The molecule has 0 saturated carbocycles. The average molecular weight is 264 g/mol. The Morgan fingerprint density at radius 1 is 1.37 bits per heavy atom. The summed E-state index contributed by atoms with van der Waals surface area (Å²) in [6, 6.07) is 5.38. The topological polar surface area (TPSA) is 59.9 Å². The summed E-state index contributed by atoms with van der Waals surface area (Å²) in [5.74, 6) is 1.56. The van der Waals surface area contributed by atoms with E-state index in [1.807, 2.05) is 19.9 Å². The molecule has 1 N–H and O–H groups in total. The molecular weight excluding hydrogens is 244 g/mol. The zero-order chi connectivity index (χ0) is 14.3. The van der Waals surface area contributed by atoms with Gasteiger partial charge in [0.1, 0.15) is 11.5 Å². The molecule has 0 aromatic heterocycles. The first-order valence-electron chi connectivity index (χ1n) is 6.10. The molecule has 0 fully saturated rings. The van der Waals surface area contributed by atoms with Gasteiger partial charge in [0.05, 0.1) is 20.4 Å². The maximum atomic E-state index is 11.4. The lowest BCUT2D eigenvalue weighted by Crippen LogP contribution is -2.19. The van der Waals surface area contributed by atoms with Crippen LogP contribution in [0.4, 0.5) is 0 Å². The lowest BCUT2D eigenvalue weighted by atomic mass is 10.1. The van der Waals surface area contributed by atoms with Gasteiger partial charge in [-0.15, -0.1) is 0 Å². The van der Waals surface area contributed by atoms with Gasteiger partial charge in [-0.3, -0.25) is 4.79 Å². The second-order valence-corrected chi connectivity index (χ2v) is 4.50. The smallest absolute Gasteiger partial charge is 0.240 e. The summed E-state index contributed by atoms with van der Waals surface area (Å²) >= 11 is 0. The van der Waals surface area contributed by atoms with Gasteiger partial charge in [-0.2, -0.15) is 5.10 Å². The van der Waals surface area contributed by atoms with Gasteiger partial charge in [0.25, 0.3) is 0 Å². The first-order chi connectivity index (χ1) is 9.06. The zero-order valence-corrected chi connectivity index (χ0v) is 11.8. The molecule has 0 spiro atoms. The van der Waals surface area contributed by atoms with E-state index in [1.165, 1.54) is 0 Å². The predicted molar refractivity (Wildman–Crippen MR) is 74.7 cm³/mol. The second kappa shape index (κ2) is 7.41. The number of hydrazone groups is 1. The van der Waals surface area contributed by atoms with Gasteiger partial charge in [-0.25, -0.2) is 5.43 Å². The van der Waals surface area contributed by atoms with Gasteiger partial charge in [0, 0.05) is 18.1 Å². The van der Waals surface area contributed by atoms with Crippen LogP contribution in [0.3, 0.4) is 0 Å². The Kier molecular flexibility index (Phi) is 5.85. The predicted octanol–water partition coefficient (Wildman–Crippen LogP) is 2.20. The molecule has 0 aliphatic carbocycles. The summed E-state index contributed by atoms with van der Waals surface area (Å²) in [4.78, 5) is 11.4. The lowest BCUT2D eigenvalue weighted by Gasteiger charge is -2.07. The Morgan fingerprint density at radius 3 is 2.68 bits per heavy atom. The van der Waals surface area contributed by atoms with E-state index >= 15 is 0 Å². The van der Waals surface area contributed by atoms with Gasteiger partial charge in [0.2, 0.25) is 5.91 Å². The second-order valence-electron chi connectivity index (χ2n) is 4.50. The number of nitrogens with one attached hydrogen (secondary N) is 1. The van der Waals surface area contributed by atoms with E-state index in [1.54, 1.807) is 32.6 Å². The van der Waals surface area contributed by atoms with Gasteiger partial charge in [0.15, 0.2) is 0 Å². The molecular formula is C14H20N2O3. The van der Waals surface area contributed by atoms with E-state index in [9.17, 15) is 4.79 Å². The van der Waals surface area contributed by atoms with Crippen LogP contribution in [0.25, 0.3) is 0 Å². The van der Waals surface area contributed by atoms with E-state index < -0.39 is 0 Å². The Balaban J connectivity index is 2.68. The van der Waals surface area contributed by atoms with Crippen LogP contribution in [0, 0.1) is 5.92 Å². The largest absolute Gasteiger partial charge is 0.497 e. The van der Waals surface area contributed by atoms with Crippen LogP contribution in [0.2, 0.25) is 0 Å². The number of methoxy groups -OCH3 is 2. The van der Waals surface area contributed by atoms with E-state index in [-0.39, 0.29) is 5.91 Å². The Labute approximate surface area is 113 Å². The summed E-state index contributed by atoms with van der Waals surface area (Å²) in [6.07, 6.45) is 2.01. The van der Waals surface area contributed by atoms with Gasteiger partial charge in [-0.05, 0) is 18.1 Å². The van der Waals surface area contributed by atoms with E-state index in [0.29, 0.717) is 23.8 Å². The van der Waals surface area contributed by atoms with Crippen molar-refractivity contribution in [3.05, 3.63) is 23.8 Å². The third kappa shape index (κ3) is 4.99. The fourth-order valence-electron chi connectivity index (χ4n) is 1.52. The molecule has 1 aromatic carbocycles. The van der Waals surface area contributed by atoms with Crippen molar-refractivity contribution in [3.63, 3.8) is 0 Å². The molecule has 0 aliphatic heterocycles. The number of hydrogen-bond acceptors (Lipinski definition) is 4. The first-order valence-corrected chi connectivity index (χ1v) is 6.10. The summed E-state index contributed by atoms with van der Waals surface area (Å²) in [5.41, 5.74) is 3.26. The normalized spacial score (nSPS) is 10.8. The van der Waals surface area contributed by atoms with Crippen molar-refractivity contribution in [1.29, 1.82) is 0 Å². The molecule has 104 valence electrons. The molecule has 0 atom stereocenters. The molecule has 1 rings (SSSR count). The number of nitrogens with zero attached hydrogens (tertiary/aromatic N) is 1. The molecule has 0 heterocycles. The highest BCUT2D eigenvalue weighted by atomic mass is 16.5. The number of benzene rings is 1. The summed E-state index contributed by atoms with van der Waals surface area (Å²) in [6.45, 7) is 3.96. The number of rotatable bonds is 6. The van der Waals surface area contributed by atoms with Crippen LogP contribution in [0.5, 0.6) is 11.5 Å². The molecule has 1 amide bonds. The van der Waals surface area contributed by atoms with Crippen molar-refractivity contribution in [2.45, 2.75) is 20.3 Å². The van der Waals surface area contributed by atoms with Crippen LogP contribution in [-0.4, -0.2) is 26.3 Å². The minimum atomic E-state index is -0.0984. The van der Waals surface area contributed by atoms with Gasteiger partial charge >= 0.3 is 0 Å². The number of carbonyl (C=O) groups excluding carboxylic acids is 1. The Hall–Kier alpha value is -2.04. The molecule has 0 bridgehead atoms. The number of hydrogen-bond donors (Lipinski definition) is 1. The maximum Gasteiger partial charge on any atom is 0.240 e. The zero-order valence-electron chi connectivity index (χ0n) is 11.8. The third-order valence-electron chi connectivity index (χ3n) is 2.43. The number of ether oxygens (including phenoxy) is 2. The minimum Gasteiger partial charge on any atom is -0.497 e. The van der Waals surface area contributed by atoms with E-state index in [0.717, 1.165) is 5.56 Å². The molecule has 19 heavy (non-hydrogen) atoms. The monoisotopic (exact) mass is 264 g/mol. The highest BCUT2D eigenvalue weighted by molar-refractivity contribution is 5.85. The number of amides is 1. The Morgan fingerprint density at radius 2 is 2.11 bits per heavy atom. The Bertz CT molecular complexity index is 456. The van der Waals surface area contributed by atoms with Gasteiger partial charge < -0.3 is 9.47 Å². The fourth-order valence-corrected chi connectivity index (χ4v) is 1.52. The molecule has 0 unspecified atom stereocenters. The SMILES string of the molecule is COc1ccc(/C=N\NC(=O)CC(C)C)c(OC)c1. The molecule has 5 heteroatoms. The molecule has 1 aromatic rings. The summed E-state index contributed by atoms with van der Waals surface area (Å²) in [7, 11) is 3.16. The molecule has 5 nitrogen and oxygen atoms in total. The molecule has 0 radical (unpaired) electrons. The van der Waals surface area contributed by atoms with Crippen LogP contribution in [0.15, 0.2) is 23.3 Å². The van der Waals surface area contributed by atoms with Crippen molar-refractivity contribution in [1.82, 2.24) is 5.43 Å². The van der Waals surface area contributed by atoms with Crippen LogP contribution in [-0.2, 0) is 4.79 Å². The van der Waals surface area contributed by atoms with Gasteiger partial charge in [-0.1, -0.05) is 13.8 Å². The highest BCUT2D eigenvalue weighted by Gasteiger charge is 2.04. The van der Waals surface area contributed by atoms with Crippen molar-refractivity contribution in [2.75, 3.05) is 14.2 Å². The summed E-state index contributed by atoms with van der Waals surface area (Å²) < 4.78 is 10.3. The number of carbonyl (C=O) groups is 1. The minimum absolute atomic E-state index is 0.0984. The van der Waals surface area contributed by atoms with Crippen LogP contribution >= 0.6 is 0 Å². The van der Waals surface area contributed by atoms with Crippen molar-refractivity contribution in [2.24, 2.45) is 11.0 Å². The van der Waals surface area contributed by atoms with Crippen molar-refractivity contribution in [3.8, 4) is 11.5 Å². The fraction of sp³-hybridized carbons (Fsp3) is 0.429.